The third-order valence-corrected chi connectivity index (χ3v) is 1.63. The van der Waals surface area contributed by atoms with Crippen molar-refractivity contribution < 1.29 is 9.53 Å². The fourth-order valence-electron chi connectivity index (χ4n) is 1.10. The molecule has 52 valence electrons. The molecule has 1 rings (SSSR count). The zero-order valence-electron chi connectivity index (χ0n) is 5.51. The third kappa shape index (κ3) is 2.14. The van der Waals surface area contributed by atoms with Crippen LogP contribution in [0.25, 0.3) is 0 Å². The molecule has 2 nitrogen and oxygen atoms in total. The summed E-state index contributed by atoms with van der Waals surface area (Å²) in [5, 5.41) is 0. The van der Waals surface area contributed by atoms with E-state index >= 15 is 0 Å². The highest BCUT2D eigenvalue weighted by Gasteiger charge is 2.11. The van der Waals surface area contributed by atoms with Crippen molar-refractivity contribution in [3.63, 3.8) is 0 Å². The summed E-state index contributed by atoms with van der Waals surface area (Å²) in [5.41, 5.74) is 0. The van der Waals surface area contributed by atoms with E-state index in [1.54, 1.807) is 0 Å². The van der Waals surface area contributed by atoms with Gasteiger partial charge < -0.3 is 9.53 Å². The number of carbonyl (C=O) groups excluding carboxylic acids is 1. The van der Waals surface area contributed by atoms with Crippen LogP contribution in [0.3, 0.4) is 0 Å². The van der Waals surface area contributed by atoms with Crippen molar-refractivity contribution in [3.8, 4) is 0 Å². The van der Waals surface area contributed by atoms with Gasteiger partial charge in [-0.05, 0) is 19.3 Å². The second kappa shape index (κ2) is 3.62. The van der Waals surface area contributed by atoms with Crippen LogP contribution in [0.4, 0.5) is 0 Å². The van der Waals surface area contributed by atoms with Crippen LogP contribution in [0.5, 0.6) is 0 Å². The van der Waals surface area contributed by atoms with Crippen LogP contribution in [0.1, 0.15) is 25.7 Å². The molecule has 0 radical (unpaired) electrons. The Hall–Kier alpha value is -0.370. The molecule has 0 N–H and O–H groups in total. The largest absolute Gasteiger partial charge is 0.378 e. The molecular weight excluding hydrogens is 116 g/mol. The van der Waals surface area contributed by atoms with Gasteiger partial charge in [0.2, 0.25) is 0 Å². The van der Waals surface area contributed by atoms with Crippen LogP contribution < -0.4 is 0 Å². The Morgan fingerprint density at radius 2 is 2.44 bits per heavy atom. The van der Waals surface area contributed by atoms with E-state index in [9.17, 15) is 4.79 Å². The van der Waals surface area contributed by atoms with Gasteiger partial charge in [0.15, 0.2) is 0 Å². The molecule has 2 heteroatoms. The van der Waals surface area contributed by atoms with Gasteiger partial charge in [0.1, 0.15) is 6.29 Å². The maximum absolute atomic E-state index is 9.99. The SMILES string of the molecule is O=CC[C@H]1CCCCO1. The van der Waals surface area contributed by atoms with Crippen LogP contribution in [0.15, 0.2) is 0 Å². The van der Waals surface area contributed by atoms with Gasteiger partial charge in [0.25, 0.3) is 0 Å². The van der Waals surface area contributed by atoms with E-state index in [0.717, 1.165) is 25.7 Å². The average molecular weight is 128 g/mol. The van der Waals surface area contributed by atoms with Gasteiger partial charge in [-0.1, -0.05) is 0 Å². The number of rotatable bonds is 2. The Labute approximate surface area is 55.2 Å². The summed E-state index contributed by atoms with van der Waals surface area (Å²) >= 11 is 0. The predicted octanol–water partition coefficient (Wildman–Crippen LogP) is 1.14. The molecule has 0 aromatic heterocycles. The predicted molar refractivity (Wildman–Crippen MR) is 34.3 cm³/mol. The third-order valence-electron chi connectivity index (χ3n) is 1.63. The lowest BCUT2D eigenvalue weighted by atomic mass is 10.1. The molecule has 1 saturated heterocycles. The van der Waals surface area contributed by atoms with Crippen LogP contribution in [-0.4, -0.2) is 19.0 Å². The molecule has 1 atom stereocenters. The molecule has 0 aromatic rings. The first-order valence-corrected chi connectivity index (χ1v) is 3.48. The topological polar surface area (TPSA) is 26.3 Å². The summed E-state index contributed by atoms with van der Waals surface area (Å²) in [5.74, 6) is 0. The van der Waals surface area contributed by atoms with Crippen molar-refractivity contribution in [2.24, 2.45) is 0 Å². The van der Waals surface area contributed by atoms with Crippen LogP contribution in [0, 0.1) is 0 Å². The molecule has 9 heavy (non-hydrogen) atoms. The molecule has 0 bridgehead atoms. The van der Waals surface area contributed by atoms with Crippen LogP contribution >= 0.6 is 0 Å². The van der Waals surface area contributed by atoms with E-state index in [1.165, 1.54) is 6.42 Å². The summed E-state index contributed by atoms with van der Waals surface area (Å²) in [6.45, 7) is 0.846. The molecular formula is C7H12O2. The van der Waals surface area contributed by atoms with E-state index in [1.807, 2.05) is 0 Å². The monoisotopic (exact) mass is 128 g/mol. The van der Waals surface area contributed by atoms with Gasteiger partial charge in [-0.25, -0.2) is 0 Å². The van der Waals surface area contributed by atoms with E-state index < -0.39 is 0 Å². The summed E-state index contributed by atoms with van der Waals surface area (Å²) in [6.07, 6.45) is 5.21. The number of aldehydes is 1. The maximum atomic E-state index is 9.99. The minimum absolute atomic E-state index is 0.233. The van der Waals surface area contributed by atoms with Gasteiger partial charge in [-0.3, -0.25) is 0 Å². The Morgan fingerprint density at radius 3 is 3.00 bits per heavy atom. The van der Waals surface area contributed by atoms with Crippen LogP contribution in [-0.2, 0) is 9.53 Å². The van der Waals surface area contributed by atoms with Crippen molar-refractivity contribution in [1.29, 1.82) is 0 Å². The summed E-state index contributed by atoms with van der Waals surface area (Å²) in [7, 11) is 0. The molecule has 1 aliphatic heterocycles. The summed E-state index contributed by atoms with van der Waals surface area (Å²) < 4.78 is 5.29. The maximum Gasteiger partial charge on any atom is 0.122 e. The number of hydrogen-bond donors (Lipinski definition) is 0. The molecule has 1 aliphatic rings. The zero-order chi connectivity index (χ0) is 6.53. The molecule has 0 aliphatic carbocycles. The van der Waals surface area contributed by atoms with Crippen molar-refractivity contribution in [2.45, 2.75) is 31.8 Å². The Balaban J connectivity index is 2.15. The second-order valence-electron chi connectivity index (χ2n) is 2.39. The minimum Gasteiger partial charge on any atom is -0.378 e. The Morgan fingerprint density at radius 1 is 1.56 bits per heavy atom. The first-order chi connectivity index (χ1) is 4.43. The lowest BCUT2D eigenvalue weighted by molar-refractivity contribution is -0.111. The van der Waals surface area contributed by atoms with Crippen molar-refractivity contribution >= 4 is 6.29 Å². The van der Waals surface area contributed by atoms with Gasteiger partial charge in [-0.2, -0.15) is 0 Å². The van der Waals surface area contributed by atoms with E-state index in [2.05, 4.69) is 0 Å². The first kappa shape index (κ1) is 6.75. The van der Waals surface area contributed by atoms with Gasteiger partial charge in [-0.15, -0.1) is 0 Å². The van der Waals surface area contributed by atoms with Gasteiger partial charge >= 0.3 is 0 Å². The smallest absolute Gasteiger partial charge is 0.122 e. The molecule has 0 unspecified atom stereocenters. The normalized spacial score (nSPS) is 27.8. The highest BCUT2D eigenvalue weighted by molar-refractivity contribution is 5.50. The summed E-state index contributed by atoms with van der Waals surface area (Å²) in [6, 6.07) is 0. The Bertz CT molecular complexity index is 84.9. The Kier molecular flexibility index (Phi) is 2.71. The molecule has 0 amide bonds. The highest BCUT2D eigenvalue weighted by atomic mass is 16.5. The van der Waals surface area contributed by atoms with Crippen molar-refractivity contribution in [2.75, 3.05) is 6.61 Å². The highest BCUT2D eigenvalue weighted by Crippen LogP contribution is 2.13. The van der Waals surface area contributed by atoms with Crippen molar-refractivity contribution in [1.82, 2.24) is 0 Å². The fourth-order valence-corrected chi connectivity index (χ4v) is 1.10. The lowest BCUT2D eigenvalue weighted by Crippen LogP contribution is -2.18. The van der Waals surface area contributed by atoms with Crippen molar-refractivity contribution in [3.05, 3.63) is 0 Å². The van der Waals surface area contributed by atoms with E-state index in [4.69, 9.17) is 4.74 Å². The molecule has 1 fully saturated rings. The average Bonchev–Trinajstić information content (AvgIpc) is 1.91. The molecule has 0 aromatic carbocycles. The molecule has 0 spiro atoms. The second-order valence-corrected chi connectivity index (χ2v) is 2.39. The first-order valence-electron chi connectivity index (χ1n) is 3.48. The van der Waals surface area contributed by atoms with E-state index in [0.29, 0.717) is 6.42 Å². The lowest BCUT2D eigenvalue weighted by Gasteiger charge is -2.19. The standard InChI is InChI=1S/C7H12O2/c8-5-4-7-3-1-2-6-9-7/h5,7H,1-4,6H2/t7-/m1/s1. The number of carbonyl (C=O) groups is 1. The molecule has 0 saturated carbocycles. The van der Waals surface area contributed by atoms with Gasteiger partial charge in [0.05, 0.1) is 6.10 Å². The van der Waals surface area contributed by atoms with E-state index in [-0.39, 0.29) is 6.10 Å². The van der Waals surface area contributed by atoms with Gasteiger partial charge in [0, 0.05) is 13.0 Å². The number of hydrogen-bond acceptors (Lipinski definition) is 2. The quantitative estimate of drug-likeness (QED) is 0.521. The number of ether oxygens (including phenoxy) is 1. The zero-order valence-corrected chi connectivity index (χ0v) is 5.51. The molecule has 1 heterocycles. The summed E-state index contributed by atoms with van der Waals surface area (Å²) in [4.78, 5) is 9.99. The minimum atomic E-state index is 0.233. The fraction of sp³-hybridized carbons (Fsp3) is 0.857. The van der Waals surface area contributed by atoms with Crippen LogP contribution in [0.2, 0.25) is 0 Å².